The van der Waals surface area contributed by atoms with E-state index < -0.39 is 0 Å². The number of anilines is 3. The molecule has 0 saturated heterocycles. The van der Waals surface area contributed by atoms with Crippen LogP contribution in [0.15, 0.2) is 28.7 Å². The Morgan fingerprint density at radius 3 is 2.76 bits per heavy atom. The molecule has 0 radical (unpaired) electrons. The van der Waals surface area contributed by atoms with Crippen LogP contribution in [0.25, 0.3) is 0 Å². The van der Waals surface area contributed by atoms with Gasteiger partial charge in [-0.3, -0.25) is 0 Å². The highest BCUT2D eigenvalue weighted by Gasteiger charge is 2.04. The monoisotopic (exact) mass is 296 g/mol. The average Bonchev–Trinajstić information content (AvgIpc) is 2.22. The van der Waals surface area contributed by atoms with E-state index in [9.17, 15) is 4.39 Å². The lowest BCUT2D eigenvalue weighted by molar-refractivity contribution is 0.628. The van der Waals surface area contributed by atoms with E-state index in [0.717, 1.165) is 10.2 Å². The second-order valence-corrected chi connectivity index (χ2v) is 4.36. The van der Waals surface area contributed by atoms with Gasteiger partial charge in [0.1, 0.15) is 11.6 Å². The van der Waals surface area contributed by atoms with Crippen molar-refractivity contribution in [1.82, 2.24) is 9.97 Å². The molecule has 0 aliphatic rings. The molecule has 6 heteroatoms. The number of benzene rings is 1. The van der Waals surface area contributed by atoms with Gasteiger partial charge in [-0.25, -0.2) is 9.37 Å². The van der Waals surface area contributed by atoms with Crippen LogP contribution in [0.5, 0.6) is 0 Å². The van der Waals surface area contributed by atoms with Crippen LogP contribution in [0.1, 0.15) is 5.69 Å². The van der Waals surface area contributed by atoms with Gasteiger partial charge in [-0.2, -0.15) is 4.98 Å². The molecule has 0 bridgehead atoms. The van der Waals surface area contributed by atoms with E-state index in [2.05, 4.69) is 31.2 Å². The third-order valence-corrected chi connectivity index (χ3v) is 2.75. The second-order valence-electron chi connectivity index (χ2n) is 3.50. The zero-order valence-corrected chi connectivity index (χ0v) is 10.6. The molecule has 0 amide bonds. The molecule has 4 nitrogen and oxygen atoms in total. The number of aromatic nitrogens is 2. The number of nitrogens with one attached hydrogen (secondary N) is 1. The molecule has 2 aromatic rings. The normalized spacial score (nSPS) is 10.3. The van der Waals surface area contributed by atoms with Crippen molar-refractivity contribution < 1.29 is 4.39 Å². The lowest BCUT2D eigenvalue weighted by atomic mass is 10.3. The van der Waals surface area contributed by atoms with E-state index in [1.54, 1.807) is 12.1 Å². The van der Waals surface area contributed by atoms with E-state index in [4.69, 9.17) is 5.73 Å². The Morgan fingerprint density at radius 1 is 1.29 bits per heavy atom. The van der Waals surface area contributed by atoms with Crippen molar-refractivity contribution in [1.29, 1.82) is 0 Å². The van der Waals surface area contributed by atoms with Gasteiger partial charge in [-0.05, 0) is 41.1 Å². The number of hydrogen-bond donors (Lipinski definition) is 2. The van der Waals surface area contributed by atoms with Crippen molar-refractivity contribution in [3.8, 4) is 0 Å². The lowest BCUT2D eigenvalue weighted by Gasteiger charge is -2.08. The Kier molecular flexibility index (Phi) is 3.23. The minimum atomic E-state index is -0.325. The standard InChI is InChI=1S/C11H10BrFN4/c1-6-4-10(17-11(14)15-6)16-9-5-7(13)2-3-8(9)12/h2-5H,1H3,(H3,14,15,16,17). The fraction of sp³-hybridized carbons (Fsp3) is 0.0909. The fourth-order valence-corrected chi connectivity index (χ4v) is 1.73. The third-order valence-electron chi connectivity index (χ3n) is 2.06. The summed E-state index contributed by atoms with van der Waals surface area (Å²) < 4.78 is 13.8. The predicted molar refractivity (Wildman–Crippen MR) is 68.6 cm³/mol. The summed E-state index contributed by atoms with van der Waals surface area (Å²) in [5, 5.41) is 2.98. The topological polar surface area (TPSA) is 63.8 Å². The highest BCUT2D eigenvalue weighted by atomic mass is 79.9. The van der Waals surface area contributed by atoms with Gasteiger partial charge in [0.15, 0.2) is 0 Å². The van der Waals surface area contributed by atoms with Crippen LogP contribution in [0.2, 0.25) is 0 Å². The first kappa shape index (κ1) is 11.8. The Morgan fingerprint density at radius 2 is 2.06 bits per heavy atom. The van der Waals surface area contributed by atoms with Crippen LogP contribution in [-0.2, 0) is 0 Å². The van der Waals surface area contributed by atoms with Crippen molar-refractivity contribution in [2.24, 2.45) is 0 Å². The first-order valence-electron chi connectivity index (χ1n) is 4.88. The molecule has 2 rings (SSSR count). The smallest absolute Gasteiger partial charge is 0.222 e. The number of nitrogen functional groups attached to an aromatic ring is 1. The van der Waals surface area contributed by atoms with E-state index in [1.807, 2.05) is 6.92 Å². The maximum Gasteiger partial charge on any atom is 0.222 e. The molecule has 3 N–H and O–H groups in total. The summed E-state index contributed by atoms with van der Waals surface area (Å²) in [5.41, 5.74) is 6.86. The van der Waals surface area contributed by atoms with Crippen LogP contribution in [-0.4, -0.2) is 9.97 Å². The predicted octanol–water partition coefficient (Wildman–Crippen LogP) is 3.01. The largest absolute Gasteiger partial charge is 0.368 e. The molecule has 0 unspecified atom stereocenters. The summed E-state index contributed by atoms with van der Waals surface area (Å²) in [6, 6.07) is 6.09. The van der Waals surface area contributed by atoms with Crippen molar-refractivity contribution >= 4 is 33.4 Å². The number of nitrogens with two attached hydrogens (primary N) is 1. The first-order chi connectivity index (χ1) is 8.04. The summed E-state index contributed by atoms with van der Waals surface area (Å²) >= 11 is 3.32. The highest BCUT2D eigenvalue weighted by Crippen LogP contribution is 2.26. The maximum atomic E-state index is 13.1. The van der Waals surface area contributed by atoms with E-state index in [-0.39, 0.29) is 11.8 Å². The quantitative estimate of drug-likeness (QED) is 0.894. The zero-order valence-electron chi connectivity index (χ0n) is 9.04. The molecule has 0 aliphatic heterocycles. The van der Waals surface area contributed by atoms with Crippen LogP contribution in [0, 0.1) is 12.7 Å². The van der Waals surface area contributed by atoms with Gasteiger partial charge < -0.3 is 11.1 Å². The van der Waals surface area contributed by atoms with Crippen molar-refractivity contribution in [3.05, 3.63) is 40.2 Å². The van der Waals surface area contributed by atoms with Gasteiger partial charge in [-0.15, -0.1) is 0 Å². The Balaban J connectivity index is 2.34. The van der Waals surface area contributed by atoms with Gasteiger partial charge in [0.05, 0.1) is 5.69 Å². The number of halogens is 2. The molecule has 88 valence electrons. The van der Waals surface area contributed by atoms with Crippen molar-refractivity contribution in [2.75, 3.05) is 11.1 Å². The van der Waals surface area contributed by atoms with Gasteiger partial charge >= 0.3 is 0 Å². The molecule has 1 heterocycles. The molecule has 0 fully saturated rings. The van der Waals surface area contributed by atoms with Gasteiger partial charge in [0, 0.05) is 16.2 Å². The van der Waals surface area contributed by atoms with Gasteiger partial charge in [-0.1, -0.05) is 0 Å². The van der Waals surface area contributed by atoms with E-state index >= 15 is 0 Å². The van der Waals surface area contributed by atoms with Crippen LogP contribution in [0.4, 0.5) is 21.8 Å². The average molecular weight is 297 g/mol. The molecule has 1 aromatic heterocycles. The van der Waals surface area contributed by atoms with Crippen LogP contribution >= 0.6 is 15.9 Å². The van der Waals surface area contributed by atoms with E-state index in [1.165, 1.54) is 12.1 Å². The maximum absolute atomic E-state index is 13.1. The summed E-state index contributed by atoms with van der Waals surface area (Å²) in [4.78, 5) is 7.97. The zero-order chi connectivity index (χ0) is 12.4. The summed E-state index contributed by atoms with van der Waals surface area (Å²) in [6.07, 6.45) is 0. The van der Waals surface area contributed by atoms with Crippen LogP contribution in [0.3, 0.4) is 0 Å². The van der Waals surface area contributed by atoms with Gasteiger partial charge in [0.2, 0.25) is 5.95 Å². The Labute approximate surface area is 106 Å². The fourth-order valence-electron chi connectivity index (χ4n) is 1.39. The molecule has 0 atom stereocenters. The molecular formula is C11H10BrFN4. The molecule has 0 aliphatic carbocycles. The van der Waals surface area contributed by atoms with E-state index in [0.29, 0.717) is 11.5 Å². The number of nitrogens with zero attached hydrogens (tertiary/aromatic N) is 2. The van der Waals surface area contributed by atoms with Crippen molar-refractivity contribution in [2.45, 2.75) is 6.92 Å². The minimum absolute atomic E-state index is 0.181. The molecule has 1 aromatic carbocycles. The first-order valence-corrected chi connectivity index (χ1v) is 5.67. The Bertz CT molecular complexity index is 539. The summed E-state index contributed by atoms with van der Waals surface area (Å²) in [7, 11) is 0. The molecule has 0 spiro atoms. The Hall–Kier alpha value is -1.69. The minimum Gasteiger partial charge on any atom is -0.368 e. The van der Waals surface area contributed by atoms with Crippen molar-refractivity contribution in [3.63, 3.8) is 0 Å². The molecular weight excluding hydrogens is 287 g/mol. The number of hydrogen-bond acceptors (Lipinski definition) is 4. The number of rotatable bonds is 2. The van der Waals surface area contributed by atoms with Crippen LogP contribution < -0.4 is 11.1 Å². The third kappa shape index (κ3) is 2.91. The lowest BCUT2D eigenvalue weighted by Crippen LogP contribution is -2.01. The highest BCUT2D eigenvalue weighted by molar-refractivity contribution is 9.10. The second kappa shape index (κ2) is 4.67. The molecule has 17 heavy (non-hydrogen) atoms. The summed E-state index contributed by atoms with van der Waals surface area (Å²) in [5.74, 6) is 0.385. The van der Waals surface area contributed by atoms with Gasteiger partial charge in [0.25, 0.3) is 0 Å². The summed E-state index contributed by atoms with van der Waals surface area (Å²) in [6.45, 7) is 1.81. The number of aryl methyl sites for hydroxylation is 1. The SMILES string of the molecule is Cc1cc(Nc2cc(F)ccc2Br)nc(N)n1. The molecule has 0 saturated carbocycles.